The molecule has 0 fully saturated rings. The summed E-state index contributed by atoms with van der Waals surface area (Å²) in [5, 5.41) is 6.13. The van der Waals surface area contributed by atoms with Gasteiger partial charge in [0.25, 0.3) is 5.91 Å². The fourth-order valence-electron chi connectivity index (χ4n) is 2.35. The molecule has 1 amide bonds. The van der Waals surface area contributed by atoms with Gasteiger partial charge in [-0.15, -0.1) is 0 Å². The third-order valence-electron chi connectivity index (χ3n) is 3.78. The van der Waals surface area contributed by atoms with E-state index in [4.69, 9.17) is 40.5 Å². The highest BCUT2D eigenvalue weighted by Crippen LogP contribution is 2.34. The first-order valence-corrected chi connectivity index (χ1v) is 8.65. The van der Waals surface area contributed by atoms with Gasteiger partial charge < -0.3 is 5.73 Å². The summed E-state index contributed by atoms with van der Waals surface area (Å²) in [5.74, 6) is -0.639. The molecule has 0 bridgehead atoms. The normalized spacial score (nSPS) is 11.6. The number of fused-ring (bicyclic) bond motifs is 1. The predicted molar refractivity (Wildman–Crippen MR) is 107 cm³/mol. The Balaban J connectivity index is 1.85. The zero-order valence-electron chi connectivity index (χ0n) is 13.6. The average Bonchev–Trinajstić information content (AvgIpc) is 2.66. The van der Waals surface area contributed by atoms with Crippen LogP contribution in [0.25, 0.3) is 10.8 Å². The largest absolute Gasteiger partial charge is 0.396 e. The molecule has 1 aromatic heterocycles. The molecular formula is C18H13Cl3N4O. The number of hydrogen-bond donors (Lipinski definition) is 2. The molecular weight excluding hydrogens is 395 g/mol. The molecule has 5 nitrogen and oxygen atoms in total. The number of pyridine rings is 1. The number of aromatic nitrogens is 1. The molecule has 0 atom stereocenters. The topological polar surface area (TPSA) is 80.4 Å². The maximum absolute atomic E-state index is 12.3. The van der Waals surface area contributed by atoms with Gasteiger partial charge in [-0.2, -0.15) is 5.10 Å². The molecule has 0 spiro atoms. The molecule has 26 heavy (non-hydrogen) atoms. The van der Waals surface area contributed by atoms with Crippen molar-refractivity contribution in [2.45, 2.75) is 6.92 Å². The van der Waals surface area contributed by atoms with Crippen molar-refractivity contribution in [3.05, 3.63) is 68.9 Å². The van der Waals surface area contributed by atoms with E-state index in [0.717, 1.165) is 16.3 Å². The van der Waals surface area contributed by atoms with Gasteiger partial charge in [0.1, 0.15) is 5.02 Å². The molecule has 0 saturated carbocycles. The summed E-state index contributed by atoms with van der Waals surface area (Å²) in [6, 6.07) is 13.9. The number of nitrogens with two attached hydrogens (primary N) is 1. The Labute approximate surface area is 164 Å². The summed E-state index contributed by atoms with van der Waals surface area (Å²) >= 11 is 17.7. The van der Waals surface area contributed by atoms with Gasteiger partial charge in [0.2, 0.25) is 0 Å². The van der Waals surface area contributed by atoms with Crippen LogP contribution in [0.3, 0.4) is 0 Å². The first-order valence-electron chi connectivity index (χ1n) is 7.52. The Morgan fingerprint density at radius 3 is 2.50 bits per heavy atom. The lowest BCUT2D eigenvalue weighted by molar-refractivity contribution is 0.0950. The van der Waals surface area contributed by atoms with Crippen molar-refractivity contribution in [3.8, 4) is 0 Å². The van der Waals surface area contributed by atoms with E-state index in [9.17, 15) is 4.79 Å². The Kier molecular flexibility index (Phi) is 5.32. The van der Waals surface area contributed by atoms with E-state index in [-0.39, 0.29) is 26.6 Å². The van der Waals surface area contributed by atoms with Gasteiger partial charge in [-0.05, 0) is 29.3 Å². The van der Waals surface area contributed by atoms with E-state index in [1.54, 1.807) is 6.92 Å². The molecule has 0 aliphatic rings. The van der Waals surface area contributed by atoms with Gasteiger partial charge in [-0.3, -0.25) is 4.79 Å². The van der Waals surface area contributed by atoms with Crippen molar-refractivity contribution in [1.82, 2.24) is 10.4 Å². The second-order valence-electron chi connectivity index (χ2n) is 5.49. The molecule has 0 aliphatic carbocycles. The third-order valence-corrected chi connectivity index (χ3v) is 4.91. The van der Waals surface area contributed by atoms with Crippen molar-refractivity contribution in [3.63, 3.8) is 0 Å². The van der Waals surface area contributed by atoms with Gasteiger partial charge in [-0.1, -0.05) is 71.2 Å². The number of carbonyl (C=O) groups excluding carboxylic acids is 1. The molecule has 0 unspecified atom stereocenters. The number of nitrogens with one attached hydrogen (secondary N) is 1. The predicted octanol–water partition coefficient (Wildman–Crippen LogP) is 4.93. The number of anilines is 1. The number of benzene rings is 2. The number of carbonyl (C=O) groups is 1. The molecule has 0 saturated heterocycles. The fraction of sp³-hybridized carbons (Fsp3) is 0.0556. The van der Waals surface area contributed by atoms with Crippen LogP contribution in [0.1, 0.15) is 23.0 Å². The fourth-order valence-corrected chi connectivity index (χ4v) is 2.94. The SMILES string of the molecule is C/C(=N\NC(=O)c1nc(Cl)c(Cl)c(N)c1Cl)c1ccc2ccccc2c1. The molecule has 132 valence electrons. The number of rotatable bonds is 3. The van der Waals surface area contributed by atoms with Crippen LogP contribution in [0.15, 0.2) is 47.6 Å². The van der Waals surface area contributed by atoms with Gasteiger partial charge >= 0.3 is 0 Å². The van der Waals surface area contributed by atoms with Gasteiger partial charge in [0.05, 0.1) is 16.4 Å². The number of nitrogen functional groups attached to an aromatic ring is 1. The maximum atomic E-state index is 12.3. The molecule has 3 N–H and O–H groups in total. The van der Waals surface area contributed by atoms with Crippen LogP contribution in [0.2, 0.25) is 15.2 Å². The minimum Gasteiger partial charge on any atom is -0.396 e. The molecule has 1 heterocycles. The standard InChI is InChI=1S/C18H13Cl3N4O/c1-9(11-7-6-10-4-2-3-5-12(10)8-11)24-25-18(26)16-13(19)15(22)14(20)17(21)23-16/h2-8H,1H3,(H2,22,23)(H,25,26)/b24-9+. The molecule has 8 heteroatoms. The van der Waals surface area contributed by atoms with Crippen LogP contribution in [0.4, 0.5) is 5.69 Å². The van der Waals surface area contributed by atoms with Crippen molar-refractivity contribution in [2.24, 2.45) is 5.10 Å². The second kappa shape index (κ2) is 7.50. The van der Waals surface area contributed by atoms with E-state index < -0.39 is 5.91 Å². The van der Waals surface area contributed by atoms with Crippen LogP contribution in [0, 0.1) is 0 Å². The van der Waals surface area contributed by atoms with E-state index in [1.165, 1.54) is 0 Å². The van der Waals surface area contributed by atoms with Crippen molar-refractivity contribution < 1.29 is 4.79 Å². The van der Waals surface area contributed by atoms with Crippen LogP contribution in [-0.2, 0) is 0 Å². The Morgan fingerprint density at radius 2 is 1.77 bits per heavy atom. The first kappa shape index (κ1) is 18.5. The summed E-state index contributed by atoms with van der Waals surface area (Å²) in [4.78, 5) is 16.2. The average molecular weight is 408 g/mol. The monoisotopic (exact) mass is 406 g/mol. The van der Waals surface area contributed by atoms with Gasteiger partial charge in [-0.25, -0.2) is 10.4 Å². The highest BCUT2D eigenvalue weighted by atomic mass is 35.5. The quantitative estimate of drug-likeness (QED) is 0.367. The lowest BCUT2D eigenvalue weighted by Crippen LogP contribution is -2.21. The zero-order valence-corrected chi connectivity index (χ0v) is 15.8. The molecule has 0 radical (unpaired) electrons. The summed E-state index contributed by atoms with van der Waals surface area (Å²) in [5.41, 5.74) is 9.46. The number of halogens is 3. The second-order valence-corrected chi connectivity index (χ2v) is 6.61. The maximum Gasteiger partial charge on any atom is 0.291 e. The van der Waals surface area contributed by atoms with Crippen LogP contribution in [0.5, 0.6) is 0 Å². The lowest BCUT2D eigenvalue weighted by atomic mass is 10.0. The molecule has 3 aromatic rings. The van der Waals surface area contributed by atoms with Gasteiger partial charge in [0.15, 0.2) is 10.8 Å². The summed E-state index contributed by atoms with van der Waals surface area (Å²) in [7, 11) is 0. The van der Waals surface area contributed by atoms with Crippen LogP contribution < -0.4 is 11.2 Å². The third kappa shape index (κ3) is 3.60. The summed E-state index contributed by atoms with van der Waals surface area (Å²) in [6.07, 6.45) is 0. The van der Waals surface area contributed by atoms with Crippen LogP contribution >= 0.6 is 34.8 Å². The van der Waals surface area contributed by atoms with Crippen LogP contribution in [-0.4, -0.2) is 16.6 Å². The number of nitrogens with zero attached hydrogens (tertiary/aromatic N) is 2. The van der Waals surface area contributed by atoms with Gasteiger partial charge in [0, 0.05) is 0 Å². The Hall–Kier alpha value is -2.34. The van der Waals surface area contributed by atoms with E-state index in [0.29, 0.717) is 5.71 Å². The Morgan fingerprint density at radius 1 is 1.08 bits per heavy atom. The number of hydrazone groups is 1. The highest BCUT2D eigenvalue weighted by molar-refractivity contribution is 6.46. The molecule has 2 aromatic carbocycles. The van der Waals surface area contributed by atoms with E-state index in [2.05, 4.69) is 15.5 Å². The number of amides is 1. The van der Waals surface area contributed by atoms with Crippen molar-refractivity contribution >= 4 is 62.9 Å². The minimum atomic E-state index is -0.639. The molecule has 3 rings (SSSR count). The van der Waals surface area contributed by atoms with E-state index in [1.807, 2.05) is 42.5 Å². The van der Waals surface area contributed by atoms with Crippen molar-refractivity contribution in [1.29, 1.82) is 0 Å². The Bertz CT molecular complexity index is 1050. The first-order chi connectivity index (χ1) is 12.4. The zero-order chi connectivity index (χ0) is 18.8. The number of hydrogen-bond acceptors (Lipinski definition) is 4. The summed E-state index contributed by atoms with van der Waals surface area (Å²) in [6.45, 7) is 1.78. The molecule has 0 aliphatic heterocycles. The highest BCUT2D eigenvalue weighted by Gasteiger charge is 2.19. The smallest absolute Gasteiger partial charge is 0.291 e. The lowest BCUT2D eigenvalue weighted by Gasteiger charge is -2.08. The summed E-state index contributed by atoms with van der Waals surface area (Å²) < 4.78 is 0. The van der Waals surface area contributed by atoms with E-state index >= 15 is 0 Å². The minimum absolute atomic E-state index is 0.00376. The van der Waals surface area contributed by atoms with Crippen molar-refractivity contribution in [2.75, 3.05) is 5.73 Å².